The average Bonchev–Trinajstić information content (AvgIpc) is 3.38. The van der Waals surface area contributed by atoms with Gasteiger partial charge in [0.2, 0.25) is 5.91 Å². The molecule has 240 valence electrons. The minimum absolute atomic E-state index is 0.00494. The molecular weight excluding hydrogens is 621 g/mol. The molecule has 2 aliphatic heterocycles. The van der Waals surface area contributed by atoms with Crippen molar-refractivity contribution in [1.29, 1.82) is 5.26 Å². The number of carbonyl (C=O) groups is 1. The molecule has 0 bridgehead atoms. The largest absolute Gasteiger partial charge is 0.462 e. The number of alkyl halides is 2. The van der Waals surface area contributed by atoms with Crippen molar-refractivity contribution in [2.75, 3.05) is 51.4 Å². The van der Waals surface area contributed by atoms with E-state index in [1.807, 2.05) is 9.80 Å². The maximum atomic E-state index is 16.6. The van der Waals surface area contributed by atoms with Crippen molar-refractivity contribution in [3.8, 4) is 23.3 Å². The second-order valence-electron chi connectivity index (χ2n) is 11.1. The molecule has 2 fully saturated rings. The number of allylic oxidation sites excluding steroid dienone is 2. The first-order valence-electron chi connectivity index (χ1n) is 14.6. The summed E-state index contributed by atoms with van der Waals surface area (Å²) in [6.07, 6.45) is 7.33. The molecule has 0 aliphatic carbocycles. The minimum Gasteiger partial charge on any atom is -0.462 e. The first-order valence-corrected chi connectivity index (χ1v) is 15.0. The normalized spacial score (nSPS) is 21.1. The van der Waals surface area contributed by atoms with Gasteiger partial charge in [-0.25, -0.2) is 13.2 Å². The van der Waals surface area contributed by atoms with E-state index >= 15 is 4.39 Å². The molecule has 3 aromatic rings. The third-order valence-electron chi connectivity index (χ3n) is 8.13. The molecule has 1 amide bonds. The summed E-state index contributed by atoms with van der Waals surface area (Å²) in [4.78, 5) is 35.5. The van der Waals surface area contributed by atoms with E-state index in [9.17, 15) is 18.8 Å². The monoisotopic (exact) mass is 652 g/mol. The number of halogens is 4. The molecule has 0 N–H and O–H groups in total. The summed E-state index contributed by atoms with van der Waals surface area (Å²) in [7, 11) is 1.80. The van der Waals surface area contributed by atoms with Crippen molar-refractivity contribution >= 4 is 45.8 Å². The highest BCUT2D eigenvalue weighted by molar-refractivity contribution is 6.47. The lowest BCUT2D eigenvalue weighted by Gasteiger charge is -2.41. The fourth-order valence-corrected chi connectivity index (χ4v) is 6.04. The number of rotatable bonds is 9. The molecule has 5 rings (SSSR count). The highest BCUT2D eigenvalue weighted by Gasteiger charge is 2.33. The van der Waals surface area contributed by atoms with Gasteiger partial charge in [0.1, 0.15) is 36.5 Å². The Balaban J connectivity index is 1.61. The number of amides is 1. The number of piperazine rings is 1. The van der Waals surface area contributed by atoms with Crippen LogP contribution in [0.1, 0.15) is 12.8 Å². The van der Waals surface area contributed by atoms with E-state index in [-0.39, 0.29) is 90.7 Å². The maximum Gasteiger partial charge on any atom is 0.319 e. The first-order chi connectivity index (χ1) is 22.2. The summed E-state index contributed by atoms with van der Waals surface area (Å²) in [5.74, 6) is -0.908. The van der Waals surface area contributed by atoms with E-state index < -0.39 is 30.6 Å². The van der Waals surface area contributed by atoms with Gasteiger partial charge in [-0.15, -0.1) is 0 Å². The van der Waals surface area contributed by atoms with Gasteiger partial charge in [0.15, 0.2) is 5.82 Å². The van der Waals surface area contributed by atoms with Crippen LogP contribution in [0.15, 0.2) is 43.4 Å². The number of ether oxygens (including phenoxy) is 1. The highest BCUT2D eigenvalue weighted by atomic mass is 35.5. The molecular formula is C32H32ClF3N8O2. The van der Waals surface area contributed by atoms with Crippen molar-refractivity contribution in [3.05, 3.63) is 59.7 Å². The lowest BCUT2D eigenvalue weighted by Crippen LogP contribution is -2.55. The second kappa shape index (κ2) is 14.3. The zero-order chi connectivity index (χ0) is 33.0. The number of likely N-dealkylation sites (N-methyl/N-ethyl adjacent to an activating group) is 1. The lowest BCUT2D eigenvalue weighted by molar-refractivity contribution is -0.128. The molecule has 3 aromatic heterocycles. The minimum atomic E-state index is -0.987. The third kappa shape index (κ3) is 6.68. The summed E-state index contributed by atoms with van der Waals surface area (Å²) in [6, 6.07) is 1.19. The van der Waals surface area contributed by atoms with Gasteiger partial charge in [0.25, 0.3) is 0 Å². The highest BCUT2D eigenvalue weighted by Crippen LogP contribution is 2.33. The number of likely N-dealkylation sites (tertiary alicyclic amines) is 1. The van der Waals surface area contributed by atoms with E-state index in [0.29, 0.717) is 10.4 Å². The van der Waals surface area contributed by atoms with Gasteiger partial charge in [-0.2, -0.15) is 15.2 Å². The Morgan fingerprint density at radius 1 is 1.24 bits per heavy atom. The van der Waals surface area contributed by atoms with Crippen LogP contribution in [0.2, 0.25) is 0 Å². The molecule has 0 unspecified atom stereocenters. The van der Waals surface area contributed by atoms with Crippen LogP contribution in [0.4, 0.5) is 19.0 Å². The van der Waals surface area contributed by atoms with Crippen LogP contribution in [0.25, 0.3) is 33.8 Å². The molecule has 0 aromatic carbocycles. The van der Waals surface area contributed by atoms with Gasteiger partial charge < -0.3 is 14.5 Å². The summed E-state index contributed by atoms with van der Waals surface area (Å²) in [6.45, 7) is 7.87. The van der Waals surface area contributed by atoms with Crippen molar-refractivity contribution in [3.63, 3.8) is 0 Å². The molecule has 0 saturated carbocycles. The topological polar surface area (TPSA) is 111 Å². The number of hydrogen-bond acceptors (Lipinski definition) is 9. The number of nitriles is 1. The summed E-state index contributed by atoms with van der Waals surface area (Å²) in [5.41, 5.74) is 0.109. The van der Waals surface area contributed by atoms with E-state index in [2.05, 4.69) is 39.2 Å². The van der Waals surface area contributed by atoms with Crippen molar-refractivity contribution in [1.82, 2.24) is 29.7 Å². The van der Waals surface area contributed by atoms with Gasteiger partial charge in [-0.05, 0) is 24.8 Å². The lowest BCUT2D eigenvalue weighted by atomic mass is 10.1. The van der Waals surface area contributed by atoms with Gasteiger partial charge >= 0.3 is 6.01 Å². The van der Waals surface area contributed by atoms with Crippen LogP contribution in [0.5, 0.6) is 6.01 Å². The Labute approximate surface area is 268 Å². The Bertz CT molecular complexity index is 1830. The van der Waals surface area contributed by atoms with E-state index in [1.165, 1.54) is 29.6 Å². The van der Waals surface area contributed by atoms with Crippen LogP contribution < -0.4 is 20.1 Å². The van der Waals surface area contributed by atoms with E-state index in [1.54, 1.807) is 7.05 Å². The molecule has 2 saturated heterocycles. The fourth-order valence-electron chi connectivity index (χ4n) is 5.82. The zero-order valence-electron chi connectivity index (χ0n) is 25.2. The third-order valence-corrected chi connectivity index (χ3v) is 8.47. The Hall–Kier alpha value is -4.54. The van der Waals surface area contributed by atoms with Crippen LogP contribution in [-0.4, -0.2) is 100 Å². The second-order valence-corrected chi connectivity index (χ2v) is 11.5. The molecule has 10 nitrogen and oxygen atoms in total. The fraction of sp³-hybridized carbons (Fsp3) is 0.375. The van der Waals surface area contributed by atoms with Gasteiger partial charge in [-0.3, -0.25) is 19.7 Å². The number of pyridine rings is 2. The van der Waals surface area contributed by atoms with Crippen molar-refractivity contribution in [2.24, 2.45) is 0 Å². The number of carbonyl (C=O) groups excluding carboxylic acids is 1. The predicted molar refractivity (Wildman–Crippen MR) is 169 cm³/mol. The molecule has 0 spiro atoms. The Kier molecular flexibility index (Phi) is 10.2. The smallest absolute Gasteiger partial charge is 0.319 e. The first kappa shape index (κ1) is 32.8. The number of fused-ring (bicyclic) bond motifs is 1. The molecule has 46 heavy (non-hydrogen) atoms. The molecule has 3 atom stereocenters. The van der Waals surface area contributed by atoms with Crippen LogP contribution in [0.3, 0.4) is 0 Å². The van der Waals surface area contributed by atoms with Crippen molar-refractivity contribution in [2.45, 2.75) is 31.1 Å². The number of nitrogens with zero attached hydrogens (tertiary/aromatic N) is 8. The quantitative estimate of drug-likeness (QED) is 0.322. The summed E-state index contributed by atoms with van der Waals surface area (Å²) in [5, 5.41) is 10.9. The van der Waals surface area contributed by atoms with Gasteiger partial charge in [0.05, 0.1) is 23.9 Å². The number of hydrogen-bond donors (Lipinski definition) is 0. The molecule has 2 aliphatic rings. The van der Waals surface area contributed by atoms with E-state index in [4.69, 9.17) is 16.3 Å². The standard InChI is InChI=1S/C32H32ClF3N8O2/c1-4-25(33)27-19(2)13-38-14-23(27)29-28(36)30-24(15-39-29)31(41-32(40-30)46-18-22-12-20(35)16-42(22)3)43-10-11-44(21(17-43)7-9-37)26(45)6-5-8-34/h4-6,13-15,20-22H,1-2,7-8,10-12,16-18H2,3H3/b6-5+,27-25-/t20-,21+,22+/m1/s1. The van der Waals surface area contributed by atoms with Gasteiger partial charge in [0, 0.05) is 72.7 Å². The number of anilines is 1. The van der Waals surface area contributed by atoms with Gasteiger partial charge in [-0.1, -0.05) is 30.8 Å². The van der Waals surface area contributed by atoms with Crippen LogP contribution >= 0.6 is 11.6 Å². The molecule has 14 heteroatoms. The molecule has 0 radical (unpaired) electrons. The van der Waals surface area contributed by atoms with Crippen LogP contribution in [-0.2, 0) is 4.79 Å². The van der Waals surface area contributed by atoms with Crippen molar-refractivity contribution < 1.29 is 22.7 Å². The predicted octanol–water partition coefficient (Wildman–Crippen LogP) is 3.05. The Morgan fingerprint density at radius 2 is 2.04 bits per heavy atom. The zero-order valence-corrected chi connectivity index (χ0v) is 25.9. The molecule has 5 heterocycles. The Morgan fingerprint density at radius 3 is 2.74 bits per heavy atom. The SMILES string of the molecule is C=C/C(Cl)=c1/c(-c2ncc3c(N4CCN(C(=O)/C=C/CF)[C@@H](CC#N)C4)nc(OC[C@@H]4C[C@@H](F)CN4C)nc3c2F)cncc1=C. The van der Waals surface area contributed by atoms with Crippen LogP contribution in [0, 0.1) is 17.1 Å². The van der Waals surface area contributed by atoms with E-state index in [0.717, 1.165) is 12.2 Å². The summed E-state index contributed by atoms with van der Waals surface area (Å²) < 4.78 is 49.2. The number of aromatic nitrogens is 4. The average molecular weight is 653 g/mol. The summed E-state index contributed by atoms with van der Waals surface area (Å²) >= 11 is 6.42. The maximum absolute atomic E-state index is 16.6.